The fourth-order valence-electron chi connectivity index (χ4n) is 0.729. The fraction of sp³-hybridized carbons (Fsp3) is 0.667. The topological polar surface area (TPSA) is 26.3 Å². The zero-order valence-electron chi connectivity index (χ0n) is 9.24. The van der Waals surface area contributed by atoms with Crippen molar-refractivity contribution in [2.45, 2.75) is 31.7 Å². The summed E-state index contributed by atoms with van der Waals surface area (Å²) in [5.41, 5.74) is -1.89. The van der Waals surface area contributed by atoms with Gasteiger partial charge in [0, 0.05) is 4.75 Å². The van der Waals surface area contributed by atoms with Crippen LogP contribution in [0.25, 0.3) is 0 Å². The van der Waals surface area contributed by atoms with Crippen molar-refractivity contribution in [2.75, 3.05) is 7.11 Å². The number of ether oxygens (including phenoxy) is 1. The molecular formula is C9H12F4O2S. The van der Waals surface area contributed by atoms with Crippen molar-refractivity contribution < 1.29 is 27.1 Å². The van der Waals surface area contributed by atoms with Crippen molar-refractivity contribution >= 4 is 17.7 Å². The predicted octanol–water partition coefficient (Wildman–Crippen LogP) is 3.43. The molecule has 16 heavy (non-hydrogen) atoms. The molecule has 0 fully saturated rings. The molecular weight excluding hydrogens is 248 g/mol. The van der Waals surface area contributed by atoms with Gasteiger partial charge in [-0.3, -0.25) is 0 Å². The second kappa shape index (κ2) is 5.07. The fourth-order valence-corrected chi connectivity index (χ4v) is 1.57. The summed E-state index contributed by atoms with van der Waals surface area (Å²) in [5, 5.41) is -1.58. The molecule has 0 aromatic heterocycles. The molecule has 0 aliphatic carbocycles. The molecule has 0 aromatic carbocycles. The summed E-state index contributed by atoms with van der Waals surface area (Å²) < 4.78 is 53.6. The molecule has 0 atom stereocenters. The number of halogens is 4. The van der Waals surface area contributed by atoms with Crippen molar-refractivity contribution in [3.63, 3.8) is 0 Å². The van der Waals surface area contributed by atoms with Gasteiger partial charge in [0.05, 0.1) is 7.11 Å². The summed E-state index contributed by atoms with van der Waals surface area (Å²) in [7, 11) is 0.767. The summed E-state index contributed by atoms with van der Waals surface area (Å²) in [4.78, 5) is 10.8. The minimum atomic E-state index is -5.06. The Bertz CT molecular complexity index is 302. The van der Waals surface area contributed by atoms with Crippen LogP contribution in [0.2, 0.25) is 0 Å². The number of carbonyl (C=O) groups excluding carboxylic acids is 1. The number of hydrogen-bond donors (Lipinski definition) is 0. The van der Waals surface area contributed by atoms with Gasteiger partial charge in [-0.25, -0.2) is 4.79 Å². The van der Waals surface area contributed by atoms with E-state index >= 15 is 0 Å². The molecule has 0 spiro atoms. The first-order valence-electron chi connectivity index (χ1n) is 4.23. The second-order valence-electron chi connectivity index (χ2n) is 3.85. The van der Waals surface area contributed by atoms with Crippen LogP contribution in [0.1, 0.15) is 20.8 Å². The number of hydrogen-bond acceptors (Lipinski definition) is 3. The Kier molecular flexibility index (Phi) is 4.85. The highest BCUT2D eigenvalue weighted by Crippen LogP contribution is 2.39. The molecule has 0 amide bonds. The normalized spacial score (nSPS) is 14.5. The highest BCUT2D eigenvalue weighted by Gasteiger charge is 2.43. The Morgan fingerprint density at radius 3 is 1.88 bits per heavy atom. The van der Waals surface area contributed by atoms with Crippen molar-refractivity contribution in [3.05, 3.63) is 10.7 Å². The van der Waals surface area contributed by atoms with Gasteiger partial charge in [0.2, 0.25) is 0 Å². The van der Waals surface area contributed by atoms with Gasteiger partial charge in [-0.2, -0.15) is 17.6 Å². The molecule has 0 aromatic rings. The van der Waals surface area contributed by atoms with Gasteiger partial charge < -0.3 is 4.74 Å². The number of methoxy groups -OCH3 is 1. The predicted molar refractivity (Wildman–Crippen MR) is 53.5 cm³/mol. The van der Waals surface area contributed by atoms with E-state index < -0.39 is 27.6 Å². The molecule has 0 heterocycles. The zero-order chi connectivity index (χ0) is 13.1. The summed E-state index contributed by atoms with van der Waals surface area (Å²) in [5.74, 6) is -1.72. The lowest BCUT2D eigenvalue weighted by molar-refractivity contribution is -0.148. The minimum absolute atomic E-state index is 0.328. The van der Waals surface area contributed by atoms with Crippen LogP contribution in [0.3, 0.4) is 0 Å². The van der Waals surface area contributed by atoms with Crippen molar-refractivity contribution in [1.82, 2.24) is 0 Å². The Morgan fingerprint density at radius 2 is 1.62 bits per heavy atom. The quantitative estimate of drug-likeness (QED) is 0.432. The van der Waals surface area contributed by atoms with E-state index in [2.05, 4.69) is 4.74 Å². The van der Waals surface area contributed by atoms with E-state index in [4.69, 9.17) is 0 Å². The number of esters is 1. The lowest BCUT2D eigenvalue weighted by atomic mass is 10.3. The van der Waals surface area contributed by atoms with Gasteiger partial charge in [0.1, 0.15) is 0 Å². The van der Waals surface area contributed by atoms with Gasteiger partial charge in [-0.15, -0.1) is 0 Å². The summed E-state index contributed by atoms with van der Waals surface area (Å²) in [6.07, 6.45) is -5.06. The maximum Gasteiger partial charge on any atom is 0.426 e. The Labute approximate surface area is 95.0 Å². The highest BCUT2D eigenvalue weighted by molar-refractivity contribution is 8.04. The minimum Gasteiger partial charge on any atom is -0.465 e. The third kappa shape index (κ3) is 4.87. The van der Waals surface area contributed by atoms with Gasteiger partial charge in [0.15, 0.2) is 10.7 Å². The van der Waals surface area contributed by atoms with E-state index in [0.717, 1.165) is 7.11 Å². The molecule has 94 valence electrons. The number of alkyl halides is 3. The summed E-state index contributed by atoms with van der Waals surface area (Å²) in [6, 6.07) is 0. The second-order valence-corrected chi connectivity index (χ2v) is 5.64. The molecule has 0 rings (SSSR count). The van der Waals surface area contributed by atoms with Crippen LogP contribution in [-0.4, -0.2) is 24.0 Å². The van der Waals surface area contributed by atoms with E-state index in [1.165, 1.54) is 20.8 Å². The molecule has 0 aliphatic heterocycles. The average molecular weight is 260 g/mol. The van der Waals surface area contributed by atoms with E-state index in [9.17, 15) is 22.4 Å². The van der Waals surface area contributed by atoms with E-state index in [1.54, 1.807) is 0 Å². The average Bonchev–Trinajstić information content (AvgIpc) is 1.97. The highest BCUT2D eigenvalue weighted by atomic mass is 32.2. The van der Waals surface area contributed by atoms with Crippen molar-refractivity contribution in [3.8, 4) is 0 Å². The Morgan fingerprint density at radius 1 is 1.19 bits per heavy atom. The van der Waals surface area contributed by atoms with Crippen LogP contribution in [-0.2, 0) is 9.53 Å². The monoisotopic (exact) mass is 260 g/mol. The molecule has 2 nitrogen and oxygen atoms in total. The van der Waals surface area contributed by atoms with Crippen LogP contribution in [0.15, 0.2) is 10.7 Å². The smallest absolute Gasteiger partial charge is 0.426 e. The maximum absolute atomic E-state index is 13.3. The third-order valence-electron chi connectivity index (χ3n) is 1.27. The van der Waals surface area contributed by atoms with Crippen LogP contribution in [0, 0.1) is 0 Å². The standard InChI is InChI=1S/C9H12F4O2S/c1-8(2,3)16-6(10)5(7(14)15-4)9(11,12)13/h1-4H3. The van der Waals surface area contributed by atoms with Crippen LogP contribution in [0.4, 0.5) is 17.6 Å². The van der Waals surface area contributed by atoms with Gasteiger partial charge >= 0.3 is 12.1 Å². The maximum atomic E-state index is 13.3. The molecule has 0 unspecified atom stereocenters. The SMILES string of the molecule is COC(=O)C(=C(F)SC(C)(C)C)C(F)(F)F. The Hall–Kier alpha value is -0.720. The molecule has 7 heteroatoms. The zero-order valence-corrected chi connectivity index (χ0v) is 10.1. The van der Waals surface area contributed by atoms with Gasteiger partial charge in [-0.05, 0) is 0 Å². The number of thioether (sulfide) groups is 1. The van der Waals surface area contributed by atoms with Crippen LogP contribution >= 0.6 is 11.8 Å². The molecule has 0 N–H and O–H groups in total. The first-order chi connectivity index (χ1) is 6.99. The molecule has 0 saturated heterocycles. The summed E-state index contributed by atoms with van der Waals surface area (Å²) in [6.45, 7) is 4.59. The first-order valence-corrected chi connectivity index (χ1v) is 5.05. The van der Waals surface area contributed by atoms with Crippen molar-refractivity contribution in [1.29, 1.82) is 0 Å². The molecule has 0 aliphatic rings. The number of carbonyl (C=O) groups is 1. The lowest BCUT2D eigenvalue weighted by Gasteiger charge is -2.18. The molecule has 0 bridgehead atoms. The van der Waals surface area contributed by atoms with Crippen LogP contribution < -0.4 is 0 Å². The lowest BCUT2D eigenvalue weighted by Crippen LogP contribution is -2.23. The number of rotatable bonds is 2. The van der Waals surface area contributed by atoms with Crippen molar-refractivity contribution in [2.24, 2.45) is 0 Å². The van der Waals surface area contributed by atoms with Gasteiger partial charge in [-0.1, -0.05) is 32.5 Å². The van der Waals surface area contributed by atoms with E-state index in [-0.39, 0.29) is 0 Å². The first kappa shape index (κ1) is 15.3. The third-order valence-corrected chi connectivity index (χ3v) is 2.26. The summed E-state index contributed by atoms with van der Waals surface area (Å²) >= 11 is 0.328. The Balaban J connectivity index is 5.32. The molecule has 0 saturated carbocycles. The van der Waals surface area contributed by atoms with Gasteiger partial charge in [0.25, 0.3) is 0 Å². The van der Waals surface area contributed by atoms with E-state index in [0.29, 0.717) is 11.8 Å². The molecule has 0 radical (unpaired) electrons. The largest absolute Gasteiger partial charge is 0.465 e. The van der Waals surface area contributed by atoms with Crippen LogP contribution in [0.5, 0.6) is 0 Å². The van der Waals surface area contributed by atoms with E-state index in [1.807, 2.05) is 0 Å².